The largest absolute Gasteiger partial charge is 0.504 e. The fraction of sp³-hybridized carbons (Fsp3) is 0.250. The first-order chi connectivity index (χ1) is 11.6. The molecule has 2 aromatic carbocycles. The number of phenolic OH excluding ortho intramolecular Hbond substituents is 1. The fourth-order valence-electron chi connectivity index (χ4n) is 2.62. The third-order valence-corrected chi connectivity index (χ3v) is 3.73. The molecule has 0 spiro atoms. The molecule has 124 valence electrons. The number of hydrogen-bond donors (Lipinski definition) is 1. The maximum Gasteiger partial charge on any atom is 0.364 e. The van der Waals surface area contributed by atoms with Crippen molar-refractivity contribution in [2.24, 2.45) is 0 Å². The van der Waals surface area contributed by atoms with Crippen molar-refractivity contribution in [2.75, 3.05) is 13.2 Å². The lowest BCUT2D eigenvalue weighted by molar-refractivity contribution is 0.318. The minimum Gasteiger partial charge on any atom is -0.504 e. The second-order valence-corrected chi connectivity index (χ2v) is 5.52. The van der Waals surface area contributed by atoms with Crippen LogP contribution in [0, 0.1) is 6.92 Å². The first-order valence-electron chi connectivity index (χ1n) is 8.09. The molecule has 0 unspecified atom stereocenters. The van der Waals surface area contributed by atoms with Crippen molar-refractivity contribution in [1.82, 2.24) is 0 Å². The maximum absolute atomic E-state index is 9.88. The topological polar surface area (TPSA) is 50.0 Å². The van der Waals surface area contributed by atoms with Gasteiger partial charge in [-0.15, -0.1) is 0 Å². The van der Waals surface area contributed by atoms with Crippen molar-refractivity contribution < 1.29 is 19.0 Å². The molecule has 0 aliphatic heterocycles. The Kier molecular flexibility index (Phi) is 4.56. The molecule has 1 heterocycles. The monoisotopic (exact) mass is 325 g/mol. The molecule has 0 atom stereocenters. The number of rotatable bonds is 5. The molecule has 0 bridgehead atoms. The highest BCUT2D eigenvalue weighted by Gasteiger charge is 2.21. The average molecular weight is 325 g/mol. The van der Waals surface area contributed by atoms with Crippen LogP contribution in [0.15, 0.2) is 46.9 Å². The van der Waals surface area contributed by atoms with E-state index in [0.717, 1.165) is 27.8 Å². The van der Waals surface area contributed by atoms with Crippen LogP contribution in [0.1, 0.15) is 19.4 Å². The summed E-state index contributed by atoms with van der Waals surface area (Å²) in [5, 5.41) is 10.8. The number of hydrogen-bond acceptors (Lipinski definition) is 3. The molecule has 0 radical (unpaired) electrons. The zero-order valence-electron chi connectivity index (χ0n) is 14.1. The molecule has 0 saturated heterocycles. The summed E-state index contributed by atoms with van der Waals surface area (Å²) < 4.78 is 17.3. The normalized spacial score (nSPS) is 10.8. The van der Waals surface area contributed by atoms with Crippen LogP contribution in [0.2, 0.25) is 0 Å². The van der Waals surface area contributed by atoms with Gasteiger partial charge < -0.3 is 14.6 Å². The van der Waals surface area contributed by atoms with Gasteiger partial charge in [0.25, 0.3) is 0 Å². The van der Waals surface area contributed by atoms with E-state index in [4.69, 9.17) is 13.9 Å². The van der Waals surface area contributed by atoms with Crippen LogP contribution in [0.5, 0.6) is 17.2 Å². The number of phenols is 1. The van der Waals surface area contributed by atoms with Gasteiger partial charge in [-0.2, -0.15) is 0 Å². The Morgan fingerprint density at radius 3 is 2.42 bits per heavy atom. The zero-order chi connectivity index (χ0) is 17.1. The van der Waals surface area contributed by atoms with E-state index < -0.39 is 0 Å². The molecule has 0 saturated carbocycles. The summed E-state index contributed by atoms with van der Waals surface area (Å²) in [4.78, 5) is 0. The molecule has 1 N–H and O–H groups in total. The van der Waals surface area contributed by atoms with Crippen molar-refractivity contribution in [2.45, 2.75) is 20.8 Å². The van der Waals surface area contributed by atoms with E-state index in [1.807, 2.05) is 45.0 Å². The van der Waals surface area contributed by atoms with E-state index in [1.54, 1.807) is 18.2 Å². The Hall–Kier alpha value is -2.75. The lowest BCUT2D eigenvalue weighted by Gasteiger charge is -2.07. The lowest BCUT2D eigenvalue weighted by Crippen LogP contribution is -1.95. The Bertz CT molecular complexity index is 871. The van der Waals surface area contributed by atoms with Crippen molar-refractivity contribution in [1.29, 1.82) is 0 Å². The van der Waals surface area contributed by atoms with Gasteiger partial charge in [0.05, 0.1) is 24.8 Å². The van der Waals surface area contributed by atoms with Crippen LogP contribution in [0.4, 0.5) is 0 Å². The summed E-state index contributed by atoms with van der Waals surface area (Å²) in [7, 11) is 0. The molecule has 1 aromatic heterocycles. The van der Waals surface area contributed by atoms with E-state index in [-0.39, 0.29) is 5.75 Å². The number of aromatic hydroxyl groups is 1. The van der Waals surface area contributed by atoms with E-state index in [2.05, 4.69) is 0 Å². The summed E-state index contributed by atoms with van der Waals surface area (Å²) in [6.45, 7) is 6.91. The molecular formula is C20H21O4+. The van der Waals surface area contributed by atoms with Gasteiger partial charge in [0.1, 0.15) is 11.1 Å². The third kappa shape index (κ3) is 3.13. The SMILES string of the molecule is CCOc1cc(-c2cc(OCC)c3ccc(C)cc3[o+]2)ccc1O. The zero-order valence-corrected chi connectivity index (χ0v) is 14.1. The first-order valence-corrected chi connectivity index (χ1v) is 8.09. The van der Waals surface area contributed by atoms with Gasteiger partial charge in [-0.25, -0.2) is 4.42 Å². The van der Waals surface area contributed by atoms with Crippen molar-refractivity contribution in [3.63, 3.8) is 0 Å². The second-order valence-electron chi connectivity index (χ2n) is 5.52. The van der Waals surface area contributed by atoms with Crippen molar-refractivity contribution in [3.8, 4) is 28.6 Å². The van der Waals surface area contributed by atoms with Crippen LogP contribution in [-0.4, -0.2) is 18.3 Å². The standard InChI is InChI=1S/C20H20O4/c1-4-22-18-12-17(24-19-10-13(3)6-8-15(18)19)14-7-9-16(21)20(11-14)23-5-2/h6-12H,4-5H2,1-3H3/p+1. The summed E-state index contributed by atoms with van der Waals surface area (Å²) in [5.41, 5.74) is 2.70. The van der Waals surface area contributed by atoms with Gasteiger partial charge in [-0.3, -0.25) is 0 Å². The van der Waals surface area contributed by atoms with Gasteiger partial charge >= 0.3 is 11.3 Å². The molecular weight excluding hydrogens is 304 g/mol. The molecule has 3 rings (SSSR count). The molecule has 0 aliphatic rings. The lowest BCUT2D eigenvalue weighted by atomic mass is 10.1. The Balaban J connectivity index is 2.17. The quantitative estimate of drug-likeness (QED) is 0.656. The Morgan fingerprint density at radius 2 is 1.67 bits per heavy atom. The average Bonchev–Trinajstić information content (AvgIpc) is 2.57. The molecule has 4 nitrogen and oxygen atoms in total. The summed E-state index contributed by atoms with van der Waals surface area (Å²) >= 11 is 0. The smallest absolute Gasteiger partial charge is 0.364 e. The Morgan fingerprint density at radius 1 is 0.917 bits per heavy atom. The highest BCUT2D eigenvalue weighted by atomic mass is 16.5. The second kappa shape index (κ2) is 6.79. The van der Waals surface area contributed by atoms with Gasteiger partial charge in [0, 0.05) is 12.1 Å². The minimum absolute atomic E-state index is 0.113. The third-order valence-electron chi connectivity index (χ3n) is 3.73. The Labute approximate surface area is 141 Å². The molecule has 0 amide bonds. The molecule has 24 heavy (non-hydrogen) atoms. The van der Waals surface area contributed by atoms with Crippen LogP contribution in [-0.2, 0) is 0 Å². The van der Waals surface area contributed by atoms with E-state index in [9.17, 15) is 5.11 Å². The highest BCUT2D eigenvalue weighted by molar-refractivity contribution is 5.86. The van der Waals surface area contributed by atoms with Crippen LogP contribution >= 0.6 is 0 Å². The number of fused-ring (bicyclic) bond motifs is 1. The number of ether oxygens (including phenoxy) is 2. The fourth-order valence-corrected chi connectivity index (χ4v) is 2.62. The summed E-state index contributed by atoms with van der Waals surface area (Å²) in [6, 6.07) is 13.1. The van der Waals surface area contributed by atoms with E-state index in [0.29, 0.717) is 24.7 Å². The molecule has 3 aromatic rings. The van der Waals surface area contributed by atoms with Gasteiger partial charge in [-0.1, -0.05) is 6.07 Å². The van der Waals surface area contributed by atoms with Crippen LogP contribution in [0.25, 0.3) is 22.3 Å². The number of benzene rings is 2. The molecule has 4 heteroatoms. The maximum atomic E-state index is 9.88. The van der Waals surface area contributed by atoms with Gasteiger partial charge in [0.15, 0.2) is 11.5 Å². The molecule has 0 fully saturated rings. The van der Waals surface area contributed by atoms with E-state index >= 15 is 0 Å². The predicted octanol–water partition coefficient (Wildman–Crippen LogP) is 5.19. The van der Waals surface area contributed by atoms with Crippen molar-refractivity contribution >= 4 is 11.0 Å². The predicted molar refractivity (Wildman–Crippen MR) is 94.8 cm³/mol. The van der Waals surface area contributed by atoms with Gasteiger partial charge in [0.2, 0.25) is 0 Å². The summed E-state index contributed by atoms with van der Waals surface area (Å²) in [5.74, 6) is 1.99. The first kappa shape index (κ1) is 16.1. The minimum atomic E-state index is 0.113. The molecule has 0 aliphatic carbocycles. The summed E-state index contributed by atoms with van der Waals surface area (Å²) in [6.07, 6.45) is 0. The van der Waals surface area contributed by atoms with Gasteiger partial charge in [-0.05, 0) is 44.5 Å². The highest BCUT2D eigenvalue weighted by Crippen LogP contribution is 2.36. The van der Waals surface area contributed by atoms with Crippen LogP contribution in [0.3, 0.4) is 0 Å². The number of aryl methyl sites for hydroxylation is 1. The van der Waals surface area contributed by atoms with Crippen molar-refractivity contribution in [3.05, 3.63) is 48.0 Å². The van der Waals surface area contributed by atoms with Crippen LogP contribution < -0.4 is 9.47 Å². The van der Waals surface area contributed by atoms with E-state index in [1.165, 1.54) is 0 Å².